The average Bonchev–Trinajstić information content (AvgIpc) is 3.84. The summed E-state index contributed by atoms with van der Waals surface area (Å²) in [6, 6.07) is 62.2. The molecule has 0 amide bonds. The number of benzene rings is 7. The maximum absolute atomic E-state index is 5.45. The molecule has 11 rings (SSSR count). The van der Waals surface area contributed by atoms with Crippen LogP contribution >= 0.6 is 0 Å². The Morgan fingerprint density at radius 1 is 0.333 bits per heavy atom. The first-order chi connectivity index (χ1) is 25.3. The fraction of sp³-hybridized carbons (Fsp3) is 0. The van der Waals surface area contributed by atoms with Gasteiger partial charge in [-0.25, -0.2) is 4.98 Å². The molecular formula is C46H29N5. The van der Waals surface area contributed by atoms with Gasteiger partial charge in [0.25, 0.3) is 0 Å². The summed E-state index contributed by atoms with van der Waals surface area (Å²) >= 11 is 0. The summed E-state index contributed by atoms with van der Waals surface area (Å²) in [4.78, 5) is 10.8. The highest BCUT2D eigenvalue weighted by atomic mass is 15.2. The maximum atomic E-state index is 5.45. The maximum Gasteiger partial charge on any atom is 0.237 e. The Morgan fingerprint density at radius 3 is 1.37 bits per heavy atom. The van der Waals surface area contributed by atoms with Crippen LogP contribution in [0.3, 0.4) is 0 Å². The monoisotopic (exact) mass is 651 g/mol. The largest absolute Gasteiger partial charge is 0.309 e. The molecule has 0 bridgehead atoms. The van der Waals surface area contributed by atoms with Gasteiger partial charge in [-0.2, -0.15) is 4.98 Å². The van der Waals surface area contributed by atoms with Crippen molar-refractivity contribution in [2.45, 2.75) is 0 Å². The highest BCUT2D eigenvalue weighted by Crippen LogP contribution is 2.42. The zero-order valence-corrected chi connectivity index (χ0v) is 27.5. The molecular weight excluding hydrogens is 623 g/mol. The lowest BCUT2D eigenvalue weighted by Gasteiger charge is -2.13. The lowest BCUT2D eigenvalue weighted by atomic mass is 10.1. The first-order valence-electron chi connectivity index (χ1n) is 17.3. The van der Waals surface area contributed by atoms with E-state index in [1.54, 1.807) is 0 Å². The lowest BCUT2D eigenvalue weighted by Crippen LogP contribution is -2.07. The summed E-state index contributed by atoms with van der Waals surface area (Å²) in [5, 5.41) is 7.20. The minimum Gasteiger partial charge on any atom is -0.309 e. The Bertz CT molecular complexity index is 3080. The fourth-order valence-corrected chi connectivity index (χ4v) is 8.15. The van der Waals surface area contributed by atoms with Crippen molar-refractivity contribution in [3.05, 3.63) is 176 Å². The number of aromatic nitrogens is 5. The van der Waals surface area contributed by atoms with Gasteiger partial charge in [0.2, 0.25) is 5.95 Å². The van der Waals surface area contributed by atoms with E-state index in [0.717, 1.165) is 44.8 Å². The lowest BCUT2D eigenvalue weighted by molar-refractivity contribution is 0.952. The van der Waals surface area contributed by atoms with Crippen LogP contribution in [0.2, 0.25) is 0 Å². The van der Waals surface area contributed by atoms with Crippen LogP contribution in [0, 0.1) is 0 Å². The molecule has 4 heterocycles. The summed E-state index contributed by atoms with van der Waals surface area (Å²) in [7, 11) is 0. The van der Waals surface area contributed by atoms with Gasteiger partial charge in [0.15, 0.2) is 0 Å². The molecule has 51 heavy (non-hydrogen) atoms. The molecule has 0 radical (unpaired) electrons. The van der Waals surface area contributed by atoms with E-state index in [1.165, 1.54) is 43.4 Å². The van der Waals surface area contributed by atoms with Crippen molar-refractivity contribution in [2.75, 3.05) is 0 Å². The normalized spacial score (nSPS) is 11.9. The van der Waals surface area contributed by atoms with Crippen molar-refractivity contribution >= 4 is 65.4 Å². The molecule has 11 aromatic rings. The van der Waals surface area contributed by atoms with Crippen LogP contribution in [0.15, 0.2) is 176 Å². The first kappa shape index (κ1) is 27.9. The van der Waals surface area contributed by atoms with Crippen LogP contribution in [0.5, 0.6) is 0 Å². The van der Waals surface area contributed by atoms with E-state index in [2.05, 4.69) is 184 Å². The van der Waals surface area contributed by atoms with Gasteiger partial charge in [0.1, 0.15) is 5.82 Å². The molecule has 0 atom stereocenters. The predicted molar refractivity (Wildman–Crippen MR) is 210 cm³/mol. The Morgan fingerprint density at radius 2 is 0.784 bits per heavy atom. The van der Waals surface area contributed by atoms with E-state index < -0.39 is 0 Å². The Balaban J connectivity index is 1.27. The van der Waals surface area contributed by atoms with Crippen molar-refractivity contribution in [2.24, 2.45) is 0 Å². The smallest absolute Gasteiger partial charge is 0.237 e. The summed E-state index contributed by atoms with van der Waals surface area (Å²) in [5.74, 6) is 1.45. The molecule has 0 saturated heterocycles. The van der Waals surface area contributed by atoms with E-state index in [0.29, 0.717) is 5.95 Å². The summed E-state index contributed by atoms with van der Waals surface area (Å²) in [6.07, 6.45) is 0. The zero-order valence-electron chi connectivity index (χ0n) is 27.5. The first-order valence-corrected chi connectivity index (χ1v) is 17.3. The van der Waals surface area contributed by atoms with Crippen molar-refractivity contribution in [1.82, 2.24) is 23.7 Å². The molecule has 0 N–H and O–H groups in total. The quantitative estimate of drug-likeness (QED) is 0.190. The van der Waals surface area contributed by atoms with Gasteiger partial charge in [0, 0.05) is 49.6 Å². The molecule has 0 unspecified atom stereocenters. The predicted octanol–water partition coefficient (Wildman–Crippen LogP) is 11.4. The van der Waals surface area contributed by atoms with E-state index in [4.69, 9.17) is 9.97 Å². The van der Waals surface area contributed by atoms with Crippen molar-refractivity contribution in [1.29, 1.82) is 0 Å². The molecule has 7 aromatic carbocycles. The SMILES string of the molecule is c1ccc(-c2cc(-n3c4ccccc4c4ccccc43)nc(-n3c4ccccc4c4c5c6ccccc6n(-c6ccccc6)c5ccc43)n2)cc1. The molecule has 4 aromatic heterocycles. The van der Waals surface area contributed by atoms with Gasteiger partial charge in [-0.15, -0.1) is 0 Å². The standard InChI is InChI=1S/C46H29N5/c1-3-15-30(16-4-1)36-29-43(50-37-23-11-7-19-32(37)33-20-8-12-24-38(33)50)48-46(47-36)51-40-26-14-10-22-35(40)45-42(51)28-27-41-44(45)34-21-9-13-25-39(34)49(41)31-17-5-2-6-18-31/h1-29H. The molecule has 0 aliphatic rings. The number of hydrogen-bond acceptors (Lipinski definition) is 2. The Hall–Kier alpha value is -6.98. The summed E-state index contributed by atoms with van der Waals surface area (Å²) < 4.78 is 6.91. The van der Waals surface area contributed by atoms with E-state index in [9.17, 15) is 0 Å². The molecule has 0 aliphatic carbocycles. The van der Waals surface area contributed by atoms with Crippen molar-refractivity contribution < 1.29 is 0 Å². The van der Waals surface area contributed by atoms with Crippen LogP contribution < -0.4 is 0 Å². The number of fused-ring (bicyclic) bond motifs is 10. The van der Waals surface area contributed by atoms with Crippen molar-refractivity contribution in [3.63, 3.8) is 0 Å². The number of hydrogen-bond donors (Lipinski definition) is 0. The van der Waals surface area contributed by atoms with Gasteiger partial charge in [-0.05, 0) is 48.5 Å². The van der Waals surface area contributed by atoms with E-state index in [1.807, 2.05) is 6.07 Å². The number of rotatable bonds is 4. The van der Waals surface area contributed by atoms with E-state index >= 15 is 0 Å². The third-order valence-electron chi connectivity index (χ3n) is 10.3. The molecule has 5 heteroatoms. The average molecular weight is 652 g/mol. The van der Waals surface area contributed by atoms with Gasteiger partial charge < -0.3 is 4.57 Å². The minimum atomic E-state index is 0.630. The van der Waals surface area contributed by atoms with Gasteiger partial charge in [0.05, 0.1) is 38.8 Å². The number of para-hydroxylation sites is 5. The summed E-state index contributed by atoms with van der Waals surface area (Å²) in [5.41, 5.74) is 9.75. The van der Waals surface area contributed by atoms with E-state index in [-0.39, 0.29) is 0 Å². The number of nitrogens with zero attached hydrogens (tertiary/aromatic N) is 5. The van der Waals surface area contributed by atoms with Crippen LogP contribution in [-0.2, 0) is 0 Å². The molecule has 238 valence electrons. The molecule has 5 nitrogen and oxygen atoms in total. The second kappa shape index (κ2) is 10.8. The summed E-state index contributed by atoms with van der Waals surface area (Å²) in [6.45, 7) is 0. The van der Waals surface area contributed by atoms with Gasteiger partial charge in [-0.3, -0.25) is 9.13 Å². The van der Waals surface area contributed by atoms with Crippen LogP contribution in [0.25, 0.3) is 94.1 Å². The highest BCUT2D eigenvalue weighted by Gasteiger charge is 2.23. The molecule has 0 saturated carbocycles. The zero-order chi connectivity index (χ0) is 33.5. The molecule has 0 fully saturated rings. The third-order valence-corrected chi connectivity index (χ3v) is 10.3. The highest BCUT2D eigenvalue weighted by molar-refractivity contribution is 6.28. The van der Waals surface area contributed by atoms with Crippen LogP contribution in [0.1, 0.15) is 0 Å². The fourth-order valence-electron chi connectivity index (χ4n) is 8.15. The van der Waals surface area contributed by atoms with Crippen LogP contribution in [-0.4, -0.2) is 23.7 Å². The second-order valence-corrected chi connectivity index (χ2v) is 13.0. The minimum absolute atomic E-state index is 0.630. The molecule has 0 aliphatic heterocycles. The Kier molecular flexibility index (Phi) is 5.89. The molecule has 0 spiro atoms. The topological polar surface area (TPSA) is 40.6 Å². The van der Waals surface area contributed by atoms with Gasteiger partial charge in [-0.1, -0.05) is 121 Å². The van der Waals surface area contributed by atoms with Crippen LogP contribution in [0.4, 0.5) is 0 Å². The second-order valence-electron chi connectivity index (χ2n) is 13.0. The van der Waals surface area contributed by atoms with Gasteiger partial charge >= 0.3 is 0 Å². The Labute approximate surface area is 292 Å². The third kappa shape index (κ3) is 4.03. The van der Waals surface area contributed by atoms with Crippen molar-refractivity contribution in [3.8, 4) is 28.7 Å².